The van der Waals surface area contributed by atoms with E-state index in [0.29, 0.717) is 36.5 Å². The van der Waals surface area contributed by atoms with Gasteiger partial charge in [0.05, 0.1) is 17.7 Å². The maximum absolute atomic E-state index is 16.9. The lowest BCUT2D eigenvalue weighted by Gasteiger charge is -2.44. The summed E-state index contributed by atoms with van der Waals surface area (Å²) in [6, 6.07) is 12.3. The number of halogens is 2. The second kappa shape index (κ2) is 12.7. The first-order valence-corrected chi connectivity index (χ1v) is 16.2. The van der Waals surface area contributed by atoms with Crippen molar-refractivity contribution in [1.29, 1.82) is 0 Å². The molecular formula is C35H41ClFN5O4. The van der Waals surface area contributed by atoms with E-state index in [1.165, 1.54) is 6.07 Å². The van der Waals surface area contributed by atoms with Crippen LogP contribution >= 0.6 is 11.6 Å². The fourth-order valence-electron chi connectivity index (χ4n) is 6.57. The first-order chi connectivity index (χ1) is 21.9. The van der Waals surface area contributed by atoms with Crippen molar-refractivity contribution in [3.63, 3.8) is 0 Å². The molecule has 3 aromatic carbocycles. The Morgan fingerprint density at radius 1 is 1.09 bits per heavy atom. The molecule has 11 heteroatoms. The van der Waals surface area contributed by atoms with E-state index in [4.69, 9.17) is 26.1 Å². The van der Waals surface area contributed by atoms with Crippen molar-refractivity contribution >= 4 is 45.2 Å². The van der Waals surface area contributed by atoms with Crippen LogP contribution in [0.3, 0.4) is 0 Å². The van der Waals surface area contributed by atoms with Crippen molar-refractivity contribution in [2.75, 3.05) is 45.2 Å². The van der Waals surface area contributed by atoms with Crippen molar-refractivity contribution in [2.45, 2.75) is 64.1 Å². The van der Waals surface area contributed by atoms with Gasteiger partial charge in [-0.2, -0.15) is 9.97 Å². The van der Waals surface area contributed by atoms with E-state index >= 15 is 4.39 Å². The topological polar surface area (TPSA) is 91.3 Å². The molecular weight excluding hydrogens is 609 g/mol. The molecule has 0 aliphatic carbocycles. The second-order valence-electron chi connectivity index (χ2n) is 13.5. The Balaban J connectivity index is 1.46. The van der Waals surface area contributed by atoms with Crippen LogP contribution in [0.5, 0.6) is 11.8 Å². The molecule has 2 unspecified atom stereocenters. The number of phenolic OH excluding ortho intramolecular Hbond substituents is 1. The van der Waals surface area contributed by atoms with E-state index in [1.54, 1.807) is 12.1 Å². The number of aromatic hydroxyl groups is 1. The lowest BCUT2D eigenvalue weighted by Crippen LogP contribution is -2.59. The number of hydrogen-bond donors (Lipinski definition) is 1. The zero-order chi connectivity index (χ0) is 32.7. The van der Waals surface area contributed by atoms with Crippen LogP contribution in [-0.4, -0.2) is 89.0 Å². The minimum Gasteiger partial charge on any atom is -0.508 e. The van der Waals surface area contributed by atoms with Gasteiger partial charge in [0.25, 0.3) is 0 Å². The van der Waals surface area contributed by atoms with E-state index in [9.17, 15) is 9.90 Å². The van der Waals surface area contributed by atoms with Crippen LogP contribution in [0.25, 0.3) is 32.8 Å². The van der Waals surface area contributed by atoms with Gasteiger partial charge in [0.15, 0.2) is 5.82 Å². The predicted molar refractivity (Wildman–Crippen MR) is 179 cm³/mol. The van der Waals surface area contributed by atoms with Crippen LogP contribution < -0.4 is 9.64 Å². The van der Waals surface area contributed by atoms with Crippen LogP contribution in [0, 0.1) is 5.82 Å². The minimum atomic E-state index is -0.615. The van der Waals surface area contributed by atoms with E-state index < -0.39 is 11.4 Å². The Morgan fingerprint density at radius 2 is 1.85 bits per heavy atom. The number of piperazine rings is 1. The van der Waals surface area contributed by atoms with Gasteiger partial charge >= 0.3 is 12.1 Å². The average Bonchev–Trinajstić information content (AvgIpc) is 3.32. The number of benzene rings is 3. The van der Waals surface area contributed by atoms with Gasteiger partial charge in [-0.15, -0.1) is 0 Å². The fraction of sp³-hybridized carbons (Fsp3) is 0.457. The summed E-state index contributed by atoms with van der Waals surface area (Å²) in [6.45, 7) is 7.75. The van der Waals surface area contributed by atoms with Crippen molar-refractivity contribution < 1.29 is 23.8 Å². The molecule has 1 N–H and O–H groups in total. The smallest absolute Gasteiger partial charge is 0.410 e. The van der Waals surface area contributed by atoms with Gasteiger partial charge in [-0.1, -0.05) is 35.9 Å². The molecule has 3 saturated heterocycles. The summed E-state index contributed by atoms with van der Waals surface area (Å²) in [6.07, 6.45) is 3.02. The number of carbonyl (C=O) groups excluding carboxylic acids is 1. The highest BCUT2D eigenvalue weighted by Crippen LogP contribution is 2.43. The van der Waals surface area contributed by atoms with Crippen molar-refractivity contribution in [3.05, 3.63) is 53.3 Å². The maximum Gasteiger partial charge on any atom is 0.410 e. The molecule has 9 nitrogen and oxygen atoms in total. The number of hydrogen-bond acceptors (Lipinski definition) is 8. The number of carbonyl (C=O) groups is 1. The van der Waals surface area contributed by atoms with Gasteiger partial charge in [0.1, 0.15) is 22.7 Å². The Bertz CT molecular complexity index is 1780. The van der Waals surface area contributed by atoms with Crippen LogP contribution in [0.4, 0.5) is 15.0 Å². The molecule has 1 aromatic heterocycles. The Kier molecular flexibility index (Phi) is 8.87. The number of rotatable bonds is 7. The Hall–Kier alpha value is -3.89. The van der Waals surface area contributed by atoms with Crippen LogP contribution in [0.15, 0.2) is 42.5 Å². The van der Waals surface area contributed by atoms with Crippen molar-refractivity contribution in [2.24, 2.45) is 0 Å². The van der Waals surface area contributed by atoms with Gasteiger partial charge in [-0.3, -0.25) is 0 Å². The van der Waals surface area contributed by atoms with E-state index in [-0.39, 0.29) is 46.0 Å². The standard InChI is InChI=1S/C35H41ClFN5O4/c1-35(2,3)46-34(44)42-20-22-11-8-12-23(42)19-41(22)32-27-18-28(36)29(26-17-24(43)16-21-10-6-7-13-25(21)26)30(37)31(27)38-33(39-32)45-15-9-14-40(4)5/h6-7,10,13,16-18,22-23,43H,8-9,11-12,14-15,19-20H2,1-5H3. The van der Waals surface area contributed by atoms with Gasteiger partial charge < -0.3 is 29.3 Å². The van der Waals surface area contributed by atoms with E-state index in [2.05, 4.69) is 14.8 Å². The largest absolute Gasteiger partial charge is 0.508 e. The third-order valence-electron chi connectivity index (χ3n) is 8.61. The number of fused-ring (bicyclic) bond motifs is 6. The monoisotopic (exact) mass is 649 g/mol. The number of ether oxygens (including phenoxy) is 2. The number of amides is 1. The van der Waals surface area contributed by atoms with Crippen LogP contribution in [-0.2, 0) is 4.74 Å². The van der Waals surface area contributed by atoms with Crippen molar-refractivity contribution in [3.8, 4) is 22.9 Å². The SMILES string of the molecule is CN(C)CCCOc1nc(N2CC3CCCC2CN3C(=O)OC(C)(C)C)c2cc(Cl)c(-c3cc(O)cc4ccccc34)c(F)c2n1. The highest BCUT2D eigenvalue weighted by atomic mass is 35.5. The number of anilines is 1. The Morgan fingerprint density at radius 3 is 2.61 bits per heavy atom. The molecule has 3 aliphatic rings. The summed E-state index contributed by atoms with van der Waals surface area (Å²) in [5.41, 5.74) is 0.105. The molecule has 244 valence electrons. The third kappa shape index (κ3) is 6.51. The molecule has 46 heavy (non-hydrogen) atoms. The number of nitrogens with zero attached hydrogens (tertiary/aromatic N) is 5. The summed E-state index contributed by atoms with van der Waals surface area (Å²) < 4.78 is 28.7. The molecule has 0 radical (unpaired) electrons. The lowest BCUT2D eigenvalue weighted by atomic mass is 9.96. The number of aromatic nitrogens is 2. The number of phenols is 1. The molecule has 0 spiro atoms. The molecule has 3 aliphatic heterocycles. The van der Waals surface area contributed by atoms with E-state index in [1.807, 2.05) is 64.0 Å². The zero-order valence-electron chi connectivity index (χ0n) is 27.0. The highest BCUT2D eigenvalue weighted by Gasteiger charge is 2.42. The molecule has 4 heterocycles. The fourth-order valence-corrected chi connectivity index (χ4v) is 6.87. The highest BCUT2D eigenvalue weighted by molar-refractivity contribution is 6.35. The van der Waals surface area contributed by atoms with Crippen LogP contribution in [0.1, 0.15) is 46.5 Å². The Labute approximate surface area is 273 Å². The zero-order valence-corrected chi connectivity index (χ0v) is 27.8. The van der Waals surface area contributed by atoms with Gasteiger partial charge in [0, 0.05) is 36.6 Å². The molecule has 2 atom stereocenters. The van der Waals surface area contributed by atoms with Crippen molar-refractivity contribution in [1.82, 2.24) is 19.8 Å². The van der Waals surface area contributed by atoms with Crippen LogP contribution in [0.2, 0.25) is 5.02 Å². The summed E-state index contributed by atoms with van der Waals surface area (Å²) in [5.74, 6) is -0.0791. The predicted octanol–water partition coefficient (Wildman–Crippen LogP) is 7.26. The first kappa shape index (κ1) is 32.1. The van der Waals surface area contributed by atoms with Gasteiger partial charge in [-0.05, 0) is 95.1 Å². The minimum absolute atomic E-state index is 0.00712. The van der Waals surface area contributed by atoms with Gasteiger partial charge in [0.2, 0.25) is 0 Å². The molecule has 7 rings (SSSR count). The summed E-state index contributed by atoms with van der Waals surface area (Å²) in [5, 5.41) is 12.7. The quantitative estimate of drug-likeness (QED) is 0.209. The molecule has 3 fully saturated rings. The second-order valence-corrected chi connectivity index (χ2v) is 13.9. The molecule has 2 bridgehead atoms. The van der Waals surface area contributed by atoms with Gasteiger partial charge in [-0.25, -0.2) is 9.18 Å². The molecule has 4 aromatic rings. The maximum atomic E-state index is 16.9. The molecule has 1 amide bonds. The first-order valence-electron chi connectivity index (χ1n) is 15.9. The molecule has 0 saturated carbocycles. The summed E-state index contributed by atoms with van der Waals surface area (Å²) in [4.78, 5) is 28.7. The summed E-state index contributed by atoms with van der Waals surface area (Å²) in [7, 11) is 3.98. The lowest BCUT2D eigenvalue weighted by molar-refractivity contribution is 0.0123. The summed E-state index contributed by atoms with van der Waals surface area (Å²) >= 11 is 6.91. The third-order valence-corrected chi connectivity index (χ3v) is 8.91. The average molecular weight is 650 g/mol. The normalized spacial score (nSPS) is 18.4. The van der Waals surface area contributed by atoms with E-state index in [0.717, 1.165) is 43.0 Å².